The number of nitrogens with one attached hydrogen (secondary N) is 1. The number of nitrogens with zero attached hydrogens (tertiary/aromatic N) is 2. The lowest BCUT2D eigenvalue weighted by molar-refractivity contribution is -0.124. The standard InChI is InChI=1S/C27H27N3O3S/c1-33-23-16-14-21(15-17-23)28-25(31)19-24-26(32)30(22-12-6-3-7-13-22)27(34)29(24)18-8-11-20-9-4-2-5-10-20/h2-7,9-10,12-17,24H,8,11,18-19H2,1H3,(H,28,31). The molecule has 0 spiro atoms. The van der Waals surface area contributed by atoms with Crippen molar-refractivity contribution in [2.24, 2.45) is 0 Å². The molecule has 1 heterocycles. The van der Waals surface area contributed by atoms with Gasteiger partial charge in [0.2, 0.25) is 5.91 Å². The van der Waals surface area contributed by atoms with Gasteiger partial charge in [0.05, 0.1) is 19.2 Å². The lowest BCUT2D eigenvalue weighted by atomic mass is 10.1. The van der Waals surface area contributed by atoms with E-state index in [0.717, 1.165) is 12.8 Å². The van der Waals surface area contributed by atoms with Gasteiger partial charge in [-0.05, 0) is 67.0 Å². The first-order valence-electron chi connectivity index (χ1n) is 11.2. The second-order valence-electron chi connectivity index (χ2n) is 8.07. The van der Waals surface area contributed by atoms with Crippen LogP contribution in [0.15, 0.2) is 84.9 Å². The molecular formula is C27H27N3O3S. The molecule has 6 nitrogen and oxygen atoms in total. The molecule has 0 aromatic heterocycles. The highest BCUT2D eigenvalue weighted by Crippen LogP contribution is 2.28. The van der Waals surface area contributed by atoms with Crippen molar-refractivity contribution in [1.82, 2.24) is 4.90 Å². The van der Waals surface area contributed by atoms with Crippen LogP contribution in [0.1, 0.15) is 18.4 Å². The number of amides is 2. The van der Waals surface area contributed by atoms with E-state index in [2.05, 4.69) is 17.4 Å². The summed E-state index contributed by atoms with van der Waals surface area (Å²) in [6, 6.07) is 26.0. The Morgan fingerprint density at radius 3 is 2.26 bits per heavy atom. The van der Waals surface area contributed by atoms with Crippen molar-refractivity contribution in [3.8, 4) is 5.75 Å². The Morgan fingerprint density at radius 2 is 1.62 bits per heavy atom. The topological polar surface area (TPSA) is 61.9 Å². The number of aryl methyl sites for hydroxylation is 1. The summed E-state index contributed by atoms with van der Waals surface area (Å²) in [6.07, 6.45) is 1.70. The van der Waals surface area contributed by atoms with Crippen LogP contribution in [0.2, 0.25) is 0 Å². The minimum absolute atomic E-state index is 0.0136. The second-order valence-corrected chi connectivity index (χ2v) is 8.44. The number of carbonyl (C=O) groups is 2. The van der Waals surface area contributed by atoms with Crippen molar-refractivity contribution >= 4 is 40.5 Å². The van der Waals surface area contributed by atoms with Crippen LogP contribution in [0.4, 0.5) is 11.4 Å². The zero-order chi connectivity index (χ0) is 23.9. The molecule has 0 aliphatic carbocycles. The summed E-state index contributed by atoms with van der Waals surface area (Å²) in [7, 11) is 1.59. The van der Waals surface area contributed by atoms with E-state index in [1.165, 1.54) is 5.56 Å². The molecule has 174 valence electrons. The number of anilines is 2. The first kappa shape index (κ1) is 23.4. The molecule has 3 aromatic carbocycles. The molecule has 0 bridgehead atoms. The van der Waals surface area contributed by atoms with Crippen molar-refractivity contribution in [2.75, 3.05) is 23.9 Å². The smallest absolute Gasteiger partial charge is 0.256 e. The Kier molecular flexibility index (Phi) is 7.54. The van der Waals surface area contributed by atoms with Gasteiger partial charge in [-0.25, -0.2) is 0 Å². The maximum absolute atomic E-state index is 13.4. The van der Waals surface area contributed by atoms with E-state index in [1.807, 2.05) is 53.4 Å². The third-order valence-corrected chi connectivity index (χ3v) is 6.21. The highest BCUT2D eigenvalue weighted by atomic mass is 32.1. The van der Waals surface area contributed by atoms with Gasteiger partial charge in [-0.15, -0.1) is 0 Å². The number of hydrogen-bond donors (Lipinski definition) is 1. The van der Waals surface area contributed by atoms with E-state index in [1.54, 1.807) is 36.3 Å². The summed E-state index contributed by atoms with van der Waals surface area (Å²) in [5.41, 5.74) is 2.59. The molecule has 0 saturated carbocycles. The zero-order valence-electron chi connectivity index (χ0n) is 19.0. The van der Waals surface area contributed by atoms with Gasteiger partial charge in [-0.3, -0.25) is 14.5 Å². The Hall–Kier alpha value is -3.71. The van der Waals surface area contributed by atoms with Crippen LogP contribution in [0.5, 0.6) is 5.75 Å². The summed E-state index contributed by atoms with van der Waals surface area (Å²) < 4.78 is 5.16. The molecule has 1 aliphatic rings. The van der Waals surface area contributed by atoms with Gasteiger partial charge in [0.25, 0.3) is 5.91 Å². The lowest BCUT2D eigenvalue weighted by Gasteiger charge is -2.24. The molecular weight excluding hydrogens is 446 g/mol. The Morgan fingerprint density at radius 1 is 0.971 bits per heavy atom. The van der Waals surface area contributed by atoms with Crippen LogP contribution in [0.25, 0.3) is 0 Å². The van der Waals surface area contributed by atoms with E-state index in [4.69, 9.17) is 17.0 Å². The number of methoxy groups -OCH3 is 1. The van der Waals surface area contributed by atoms with Crippen molar-refractivity contribution in [1.29, 1.82) is 0 Å². The highest BCUT2D eigenvalue weighted by molar-refractivity contribution is 7.80. The van der Waals surface area contributed by atoms with E-state index in [0.29, 0.717) is 28.8 Å². The van der Waals surface area contributed by atoms with Crippen molar-refractivity contribution in [3.63, 3.8) is 0 Å². The molecule has 0 radical (unpaired) electrons. The molecule has 1 unspecified atom stereocenters. The quantitative estimate of drug-likeness (QED) is 0.458. The molecule has 3 aromatic rings. The van der Waals surface area contributed by atoms with E-state index >= 15 is 0 Å². The van der Waals surface area contributed by atoms with Crippen LogP contribution in [0, 0.1) is 0 Å². The summed E-state index contributed by atoms with van der Waals surface area (Å²) in [4.78, 5) is 29.7. The van der Waals surface area contributed by atoms with Crippen LogP contribution >= 0.6 is 12.2 Å². The fourth-order valence-corrected chi connectivity index (χ4v) is 4.48. The fourth-order valence-electron chi connectivity index (χ4n) is 4.06. The summed E-state index contributed by atoms with van der Waals surface area (Å²) >= 11 is 5.72. The minimum atomic E-state index is -0.651. The number of hydrogen-bond acceptors (Lipinski definition) is 4. The predicted molar refractivity (Wildman–Crippen MR) is 138 cm³/mol. The SMILES string of the molecule is COc1ccc(NC(=O)CC2C(=O)N(c3ccccc3)C(=S)N2CCCc2ccccc2)cc1. The fraction of sp³-hybridized carbons (Fsp3) is 0.222. The molecule has 2 amide bonds. The maximum Gasteiger partial charge on any atom is 0.256 e. The molecule has 7 heteroatoms. The van der Waals surface area contributed by atoms with Gasteiger partial charge in [0.1, 0.15) is 11.8 Å². The maximum atomic E-state index is 13.4. The Labute approximate surface area is 205 Å². The Balaban J connectivity index is 1.48. The average Bonchev–Trinajstić information content (AvgIpc) is 3.09. The summed E-state index contributed by atoms with van der Waals surface area (Å²) in [5.74, 6) is 0.285. The molecule has 1 saturated heterocycles. The third-order valence-electron chi connectivity index (χ3n) is 5.79. The van der Waals surface area contributed by atoms with Crippen molar-refractivity contribution in [2.45, 2.75) is 25.3 Å². The second kappa shape index (κ2) is 10.9. The predicted octanol–water partition coefficient (Wildman–Crippen LogP) is 4.66. The molecule has 1 atom stereocenters. The van der Waals surface area contributed by atoms with E-state index < -0.39 is 6.04 Å². The first-order chi connectivity index (χ1) is 16.6. The molecule has 4 rings (SSSR count). The number of benzene rings is 3. The van der Waals surface area contributed by atoms with Gasteiger partial charge in [0, 0.05) is 12.2 Å². The van der Waals surface area contributed by atoms with Crippen molar-refractivity contribution < 1.29 is 14.3 Å². The lowest BCUT2D eigenvalue weighted by Crippen LogP contribution is -2.38. The zero-order valence-corrected chi connectivity index (χ0v) is 19.8. The first-order valence-corrected chi connectivity index (χ1v) is 11.6. The van der Waals surface area contributed by atoms with Gasteiger partial charge < -0.3 is 15.0 Å². The molecule has 34 heavy (non-hydrogen) atoms. The van der Waals surface area contributed by atoms with Gasteiger partial charge >= 0.3 is 0 Å². The largest absolute Gasteiger partial charge is 0.497 e. The molecule has 1 N–H and O–H groups in total. The monoisotopic (exact) mass is 473 g/mol. The van der Waals surface area contributed by atoms with Gasteiger partial charge in [-0.2, -0.15) is 0 Å². The Bertz CT molecular complexity index is 1140. The number of carbonyl (C=O) groups excluding carboxylic acids is 2. The van der Waals surface area contributed by atoms with Crippen LogP contribution in [-0.2, 0) is 16.0 Å². The van der Waals surface area contributed by atoms with E-state index in [-0.39, 0.29) is 18.2 Å². The third kappa shape index (κ3) is 5.43. The highest BCUT2D eigenvalue weighted by Gasteiger charge is 2.43. The summed E-state index contributed by atoms with van der Waals surface area (Å²) in [5, 5.41) is 3.31. The van der Waals surface area contributed by atoms with Crippen LogP contribution in [0.3, 0.4) is 0 Å². The average molecular weight is 474 g/mol. The van der Waals surface area contributed by atoms with E-state index in [9.17, 15) is 9.59 Å². The van der Waals surface area contributed by atoms with Gasteiger partial charge in [0.15, 0.2) is 5.11 Å². The molecule has 1 fully saturated rings. The van der Waals surface area contributed by atoms with Gasteiger partial charge in [-0.1, -0.05) is 48.5 Å². The normalized spacial score (nSPS) is 15.5. The van der Waals surface area contributed by atoms with Crippen molar-refractivity contribution in [3.05, 3.63) is 90.5 Å². The van der Waals surface area contributed by atoms with Crippen LogP contribution < -0.4 is 15.0 Å². The number of thiocarbonyl (C=S) groups is 1. The molecule has 1 aliphatic heterocycles. The number of para-hydroxylation sites is 1. The van der Waals surface area contributed by atoms with Crippen LogP contribution in [-0.4, -0.2) is 41.5 Å². The summed E-state index contributed by atoms with van der Waals surface area (Å²) in [6.45, 7) is 0.587. The number of ether oxygens (including phenoxy) is 1. The minimum Gasteiger partial charge on any atom is -0.497 e. The number of rotatable bonds is 9.